The average Bonchev–Trinajstić information content (AvgIpc) is 2.99. The number of hydrogen-bond acceptors (Lipinski definition) is 4. The number of rotatable bonds is 5. The van der Waals surface area contributed by atoms with Gasteiger partial charge in [0.1, 0.15) is 6.04 Å². The first kappa shape index (κ1) is 18.7. The Kier molecular flexibility index (Phi) is 5.87. The molecule has 4 atom stereocenters. The number of carbonyl (C=O) groups is 1. The molecule has 0 heterocycles. The SMILES string of the molecule is COC(=O)C(NC1CCC(c2ccc(C(F)(F)F)cc2)C1)C(C)O. The summed E-state index contributed by atoms with van der Waals surface area (Å²) in [4.78, 5) is 11.7. The van der Waals surface area contributed by atoms with E-state index in [4.69, 9.17) is 0 Å². The quantitative estimate of drug-likeness (QED) is 0.806. The molecule has 0 radical (unpaired) electrons. The van der Waals surface area contributed by atoms with E-state index < -0.39 is 29.9 Å². The van der Waals surface area contributed by atoms with Gasteiger partial charge in [0.2, 0.25) is 0 Å². The fraction of sp³-hybridized carbons (Fsp3) is 0.588. The molecular weight excluding hydrogens is 323 g/mol. The first-order valence-electron chi connectivity index (χ1n) is 7.91. The fourth-order valence-electron chi connectivity index (χ4n) is 3.17. The molecule has 0 amide bonds. The van der Waals surface area contributed by atoms with Gasteiger partial charge in [-0.25, -0.2) is 0 Å². The Bertz CT molecular complexity index is 557. The number of hydrogen-bond donors (Lipinski definition) is 2. The van der Waals surface area contributed by atoms with Gasteiger partial charge in [-0.05, 0) is 49.8 Å². The van der Waals surface area contributed by atoms with Gasteiger partial charge in [-0.15, -0.1) is 0 Å². The van der Waals surface area contributed by atoms with E-state index in [2.05, 4.69) is 10.1 Å². The van der Waals surface area contributed by atoms with Crippen LogP contribution in [0.5, 0.6) is 0 Å². The zero-order valence-electron chi connectivity index (χ0n) is 13.6. The molecule has 0 aromatic heterocycles. The first-order chi connectivity index (χ1) is 11.2. The van der Waals surface area contributed by atoms with E-state index in [1.165, 1.54) is 26.2 Å². The molecule has 2 rings (SSSR count). The number of methoxy groups -OCH3 is 1. The molecule has 0 saturated heterocycles. The monoisotopic (exact) mass is 345 g/mol. The summed E-state index contributed by atoms with van der Waals surface area (Å²) in [5.74, 6) is -0.389. The number of halogens is 3. The molecule has 4 unspecified atom stereocenters. The van der Waals surface area contributed by atoms with Crippen molar-refractivity contribution in [2.75, 3.05) is 7.11 Å². The van der Waals surface area contributed by atoms with Crippen LogP contribution in [0.25, 0.3) is 0 Å². The summed E-state index contributed by atoms with van der Waals surface area (Å²) < 4.78 is 42.5. The van der Waals surface area contributed by atoms with Crippen molar-refractivity contribution in [1.29, 1.82) is 0 Å². The zero-order valence-corrected chi connectivity index (χ0v) is 13.6. The number of alkyl halides is 3. The van der Waals surface area contributed by atoms with Gasteiger partial charge in [-0.3, -0.25) is 10.1 Å². The summed E-state index contributed by atoms with van der Waals surface area (Å²) in [6.07, 6.45) is -2.92. The summed E-state index contributed by atoms with van der Waals surface area (Å²) in [6, 6.07) is 4.44. The van der Waals surface area contributed by atoms with Crippen LogP contribution < -0.4 is 5.32 Å². The topological polar surface area (TPSA) is 58.6 Å². The molecule has 1 aliphatic carbocycles. The van der Waals surface area contributed by atoms with Crippen LogP contribution in [-0.2, 0) is 15.7 Å². The van der Waals surface area contributed by atoms with Gasteiger partial charge in [-0.2, -0.15) is 13.2 Å². The minimum absolute atomic E-state index is 0.0102. The largest absolute Gasteiger partial charge is 0.468 e. The minimum Gasteiger partial charge on any atom is -0.468 e. The molecule has 0 bridgehead atoms. The molecule has 1 aromatic rings. The maximum absolute atomic E-state index is 12.6. The van der Waals surface area contributed by atoms with Crippen molar-refractivity contribution < 1.29 is 27.8 Å². The van der Waals surface area contributed by atoms with Crippen LogP contribution in [0.15, 0.2) is 24.3 Å². The molecule has 7 heteroatoms. The van der Waals surface area contributed by atoms with Gasteiger partial charge < -0.3 is 9.84 Å². The predicted octanol–water partition coefficient (Wildman–Crippen LogP) is 2.85. The van der Waals surface area contributed by atoms with Crippen molar-refractivity contribution in [2.24, 2.45) is 0 Å². The third kappa shape index (κ3) is 4.48. The molecular formula is C17H22F3NO3. The van der Waals surface area contributed by atoms with Crippen molar-refractivity contribution >= 4 is 5.97 Å². The molecule has 2 N–H and O–H groups in total. The summed E-state index contributed by atoms with van der Waals surface area (Å²) >= 11 is 0. The molecule has 4 nitrogen and oxygen atoms in total. The van der Waals surface area contributed by atoms with E-state index in [0.29, 0.717) is 6.42 Å². The lowest BCUT2D eigenvalue weighted by atomic mass is 9.96. The number of benzene rings is 1. The van der Waals surface area contributed by atoms with Crippen LogP contribution in [0.1, 0.15) is 43.2 Å². The molecule has 1 aliphatic rings. The van der Waals surface area contributed by atoms with Crippen LogP contribution >= 0.6 is 0 Å². The Labute approximate surface area is 139 Å². The number of esters is 1. The van der Waals surface area contributed by atoms with Gasteiger partial charge in [0.05, 0.1) is 18.8 Å². The molecule has 24 heavy (non-hydrogen) atoms. The first-order valence-corrected chi connectivity index (χ1v) is 7.91. The highest BCUT2D eigenvalue weighted by atomic mass is 19.4. The Hall–Kier alpha value is -1.60. The molecule has 0 aliphatic heterocycles. The Morgan fingerprint density at radius 1 is 1.29 bits per heavy atom. The van der Waals surface area contributed by atoms with Gasteiger partial charge in [0.25, 0.3) is 0 Å². The van der Waals surface area contributed by atoms with Crippen molar-refractivity contribution in [1.82, 2.24) is 5.32 Å². The molecule has 1 saturated carbocycles. The van der Waals surface area contributed by atoms with Crippen LogP contribution in [0.3, 0.4) is 0 Å². The van der Waals surface area contributed by atoms with Crippen molar-refractivity contribution in [3.63, 3.8) is 0 Å². The Morgan fingerprint density at radius 2 is 1.92 bits per heavy atom. The standard InChI is InChI=1S/C17H22F3NO3/c1-10(22)15(16(23)24-2)21-14-8-5-12(9-14)11-3-6-13(7-4-11)17(18,19)20/h3-4,6-7,10,12,14-15,21-22H,5,8-9H2,1-2H3. The van der Waals surface area contributed by atoms with E-state index in [9.17, 15) is 23.1 Å². The smallest absolute Gasteiger partial charge is 0.416 e. The van der Waals surface area contributed by atoms with Crippen LogP contribution in [0.4, 0.5) is 13.2 Å². The minimum atomic E-state index is -4.33. The maximum Gasteiger partial charge on any atom is 0.416 e. The van der Waals surface area contributed by atoms with E-state index in [-0.39, 0.29) is 12.0 Å². The summed E-state index contributed by atoms with van der Waals surface area (Å²) in [5, 5.41) is 12.8. The second-order valence-corrected chi connectivity index (χ2v) is 6.23. The maximum atomic E-state index is 12.6. The lowest BCUT2D eigenvalue weighted by Crippen LogP contribution is -2.49. The second-order valence-electron chi connectivity index (χ2n) is 6.23. The highest BCUT2D eigenvalue weighted by Crippen LogP contribution is 2.36. The third-order valence-electron chi connectivity index (χ3n) is 4.49. The Morgan fingerprint density at radius 3 is 2.42 bits per heavy atom. The van der Waals surface area contributed by atoms with Crippen molar-refractivity contribution in [2.45, 2.75) is 56.5 Å². The van der Waals surface area contributed by atoms with E-state index in [1.54, 1.807) is 0 Å². The highest BCUT2D eigenvalue weighted by molar-refractivity contribution is 5.76. The third-order valence-corrected chi connectivity index (χ3v) is 4.49. The average molecular weight is 345 g/mol. The van der Waals surface area contributed by atoms with Gasteiger partial charge in [-0.1, -0.05) is 12.1 Å². The highest BCUT2D eigenvalue weighted by Gasteiger charge is 2.33. The second kappa shape index (κ2) is 7.53. The molecule has 1 aromatic carbocycles. The van der Waals surface area contributed by atoms with Gasteiger partial charge in [0.15, 0.2) is 0 Å². The van der Waals surface area contributed by atoms with Gasteiger partial charge >= 0.3 is 12.1 Å². The number of carbonyl (C=O) groups excluding carboxylic acids is 1. The lowest BCUT2D eigenvalue weighted by Gasteiger charge is -2.23. The predicted molar refractivity (Wildman–Crippen MR) is 82.4 cm³/mol. The number of aliphatic hydroxyl groups excluding tert-OH is 1. The lowest BCUT2D eigenvalue weighted by molar-refractivity contribution is -0.146. The molecule has 0 spiro atoms. The molecule has 1 fully saturated rings. The summed E-state index contributed by atoms with van der Waals surface area (Å²) in [5.41, 5.74) is 0.206. The van der Waals surface area contributed by atoms with Crippen LogP contribution in [0.2, 0.25) is 0 Å². The normalized spacial score (nSPS) is 23.8. The number of nitrogens with one attached hydrogen (secondary N) is 1. The zero-order chi connectivity index (χ0) is 17.9. The summed E-state index contributed by atoms with van der Waals surface area (Å²) in [6.45, 7) is 1.51. The fourth-order valence-corrected chi connectivity index (χ4v) is 3.17. The number of ether oxygens (including phenoxy) is 1. The van der Waals surface area contributed by atoms with E-state index in [0.717, 1.165) is 30.5 Å². The van der Waals surface area contributed by atoms with Gasteiger partial charge in [0, 0.05) is 6.04 Å². The molecule has 134 valence electrons. The van der Waals surface area contributed by atoms with E-state index >= 15 is 0 Å². The van der Waals surface area contributed by atoms with E-state index in [1.807, 2.05) is 0 Å². The number of aliphatic hydroxyl groups is 1. The summed E-state index contributed by atoms with van der Waals surface area (Å²) in [7, 11) is 1.26. The van der Waals surface area contributed by atoms with Crippen molar-refractivity contribution in [3.8, 4) is 0 Å². The Balaban J connectivity index is 1.98. The van der Waals surface area contributed by atoms with Crippen molar-refractivity contribution in [3.05, 3.63) is 35.4 Å². The van der Waals surface area contributed by atoms with Crippen LogP contribution in [0, 0.1) is 0 Å². The van der Waals surface area contributed by atoms with Crippen LogP contribution in [-0.4, -0.2) is 36.4 Å².